The van der Waals surface area contributed by atoms with Crippen LogP contribution in [-0.2, 0) is 11.3 Å². The van der Waals surface area contributed by atoms with Crippen molar-refractivity contribution in [1.29, 1.82) is 0 Å². The van der Waals surface area contributed by atoms with Crippen molar-refractivity contribution < 1.29 is 9.90 Å². The monoisotopic (exact) mass is 238 g/mol. The Bertz CT molecular complexity index is 353. The van der Waals surface area contributed by atoms with E-state index >= 15 is 0 Å². The summed E-state index contributed by atoms with van der Waals surface area (Å²) in [6.07, 6.45) is 5.68. The molecule has 0 amide bonds. The van der Waals surface area contributed by atoms with Crippen molar-refractivity contribution in [3.8, 4) is 0 Å². The maximum Gasteiger partial charge on any atom is 0.320 e. The number of hydrogen-bond acceptors (Lipinski definition) is 5. The van der Waals surface area contributed by atoms with Gasteiger partial charge in [-0.05, 0) is 6.42 Å². The first-order valence-corrected chi connectivity index (χ1v) is 5.66. The molecule has 0 aliphatic carbocycles. The second-order valence-corrected chi connectivity index (χ2v) is 3.86. The van der Waals surface area contributed by atoms with E-state index in [0.29, 0.717) is 13.0 Å². The van der Waals surface area contributed by atoms with Gasteiger partial charge in [0.15, 0.2) is 0 Å². The number of unbranched alkanes of at least 4 members (excludes halogenated alkanes) is 1. The number of nitrogens with one attached hydrogen (secondary N) is 1. The van der Waals surface area contributed by atoms with E-state index < -0.39 is 12.0 Å². The van der Waals surface area contributed by atoms with Gasteiger partial charge in [-0.3, -0.25) is 4.79 Å². The maximum atomic E-state index is 11.0. The van der Waals surface area contributed by atoms with Gasteiger partial charge in [-0.15, -0.1) is 0 Å². The van der Waals surface area contributed by atoms with Gasteiger partial charge in [0.05, 0.1) is 0 Å². The summed E-state index contributed by atoms with van der Waals surface area (Å²) in [6, 6.07) is -0.521. The SMILES string of the molecule is CCCC[C@H](NCc1cnc(N)nc1)C(=O)O. The minimum absolute atomic E-state index is 0.217. The third kappa shape index (κ3) is 4.78. The molecule has 1 atom stereocenters. The van der Waals surface area contributed by atoms with Gasteiger partial charge in [-0.25, -0.2) is 9.97 Å². The van der Waals surface area contributed by atoms with Gasteiger partial charge < -0.3 is 16.2 Å². The summed E-state index contributed by atoms with van der Waals surface area (Å²) in [5.74, 6) is -0.607. The first-order chi connectivity index (χ1) is 8.13. The molecule has 0 saturated heterocycles. The van der Waals surface area contributed by atoms with Crippen LogP contribution in [0.15, 0.2) is 12.4 Å². The Morgan fingerprint density at radius 3 is 2.71 bits per heavy atom. The molecule has 0 saturated carbocycles. The summed E-state index contributed by atoms with van der Waals surface area (Å²) in [5, 5.41) is 12.0. The molecule has 0 bridgehead atoms. The Morgan fingerprint density at radius 2 is 2.18 bits per heavy atom. The normalized spacial score (nSPS) is 12.3. The van der Waals surface area contributed by atoms with E-state index in [1.54, 1.807) is 12.4 Å². The van der Waals surface area contributed by atoms with Gasteiger partial charge in [0.2, 0.25) is 5.95 Å². The number of carboxylic acid groups (broad SMARTS) is 1. The van der Waals surface area contributed by atoms with Crippen LogP contribution in [0, 0.1) is 0 Å². The highest BCUT2D eigenvalue weighted by atomic mass is 16.4. The fourth-order valence-corrected chi connectivity index (χ4v) is 1.42. The molecule has 94 valence electrons. The predicted octanol–water partition coefficient (Wildman–Crippen LogP) is 0.792. The van der Waals surface area contributed by atoms with Crippen LogP contribution >= 0.6 is 0 Å². The van der Waals surface area contributed by atoms with Gasteiger partial charge >= 0.3 is 5.97 Å². The van der Waals surface area contributed by atoms with E-state index in [-0.39, 0.29) is 5.95 Å². The van der Waals surface area contributed by atoms with Crippen molar-refractivity contribution in [1.82, 2.24) is 15.3 Å². The molecule has 0 fully saturated rings. The number of nitrogens with two attached hydrogens (primary N) is 1. The van der Waals surface area contributed by atoms with Gasteiger partial charge in [0, 0.05) is 24.5 Å². The van der Waals surface area contributed by atoms with E-state index in [9.17, 15) is 4.79 Å². The summed E-state index contributed by atoms with van der Waals surface area (Å²) < 4.78 is 0. The number of hydrogen-bond donors (Lipinski definition) is 3. The van der Waals surface area contributed by atoms with E-state index in [1.165, 1.54) is 0 Å². The molecule has 0 radical (unpaired) electrons. The fourth-order valence-electron chi connectivity index (χ4n) is 1.42. The van der Waals surface area contributed by atoms with Gasteiger partial charge in [0.1, 0.15) is 6.04 Å². The number of aliphatic carboxylic acids is 1. The number of aromatic nitrogens is 2. The van der Waals surface area contributed by atoms with Crippen molar-refractivity contribution >= 4 is 11.9 Å². The lowest BCUT2D eigenvalue weighted by Gasteiger charge is -2.13. The molecule has 0 spiro atoms. The summed E-state index contributed by atoms with van der Waals surface area (Å²) in [4.78, 5) is 18.7. The number of rotatable bonds is 7. The van der Waals surface area contributed by atoms with E-state index in [1.807, 2.05) is 6.92 Å². The standard InChI is InChI=1S/C11H18N4O2/c1-2-3-4-9(10(16)17)13-5-8-6-14-11(12)15-7-8/h6-7,9,13H,2-5H2,1H3,(H,16,17)(H2,12,14,15)/t9-/m0/s1. The summed E-state index contributed by atoms with van der Waals surface area (Å²) in [7, 11) is 0. The van der Waals surface area contributed by atoms with Crippen molar-refractivity contribution in [3.05, 3.63) is 18.0 Å². The second kappa shape index (κ2) is 6.80. The minimum Gasteiger partial charge on any atom is -0.480 e. The van der Waals surface area contributed by atoms with Crippen LogP contribution in [0.4, 0.5) is 5.95 Å². The number of nitrogen functional groups attached to an aromatic ring is 1. The molecule has 6 heteroatoms. The molecule has 0 aromatic carbocycles. The first-order valence-electron chi connectivity index (χ1n) is 5.66. The largest absolute Gasteiger partial charge is 0.480 e. The van der Waals surface area contributed by atoms with Crippen LogP contribution in [0.25, 0.3) is 0 Å². The zero-order chi connectivity index (χ0) is 12.7. The zero-order valence-electron chi connectivity index (χ0n) is 9.89. The number of nitrogens with zero attached hydrogens (tertiary/aromatic N) is 2. The van der Waals surface area contributed by atoms with Crippen molar-refractivity contribution in [2.24, 2.45) is 0 Å². The van der Waals surface area contributed by atoms with Gasteiger partial charge in [0.25, 0.3) is 0 Å². The Balaban J connectivity index is 2.45. The molecule has 4 N–H and O–H groups in total. The number of carbonyl (C=O) groups is 1. The van der Waals surface area contributed by atoms with E-state index in [0.717, 1.165) is 18.4 Å². The van der Waals surface area contributed by atoms with Crippen LogP contribution in [0.5, 0.6) is 0 Å². The lowest BCUT2D eigenvalue weighted by atomic mass is 10.1. The lowest BCUT2D eigenvalue weighted by molar-refractivity contribution is -0.139. The van der Waals surface area contributed by atoms with E-state index in [2.05, 4.69) is 15.3 Å². The molecular weight excluding hydrogens is 220 g/mol. The highest BCUT2D eigenvalue weighted by molar-refractivity contribution is 5.73. The van der Waals surface area contributed by atoms with Crippen LogP contribution < -0.4 is 11.1 Å². The Kier molecular flexibility index (Phi) is 5.35. The molecule has 1 aromatic rings. The molecular formula is C11H18N4O2. The predicted molar refractivity (Wildman–Crippen MR) is 64.2 cm³/mol. The first kappa shape index (κ1) is 13.4. The quantitative estimate of drug-likeness (QED) is 0.649. The second-order valence-electron chi connectivity index (χ2n) is 3.86. The minimum atomic E-state index is -0.824. The smallest absolute Gasteiger partial charge is 0.320 e. The molecule has 1 aromatic heterocycles. The van der Waals surface area contributed by atoms with E-state index in [4.69, 9.17) is 10.8 Å². The third-order valence-electron chi connectivity index (χ3n) is 2.42. The molecule has 1 heterocycles. The van der Waals surface area contributed by atoms with Crippen molar-refractivity contribution in [2.45, 2.75) is 38.8 Å². The van der Waals surface area contributed by atoms with Gasteiger partial charge in [-0.1, -0.05) is 19.8 Å². The average Bonchev–Trinajstić information content (AvgIpc) is 2.31. The average molecular weight is 238 g/mol. The van der Waals surface area contributed by atoms with Crippen LogP contribution in [0.3, 0.4) is 0 Å². The fraction of sp³-hybridized carbons (Fsp3) is 0.545. The lowest BCUT2D eigenvalue weighted by Crippen LogP contribution is -2.36. The molecule has 6 nitrogen and oxygen atoms in total. The molecule has 0 unspecified atom stereocenters. The van der Waals surface area contributed by atoms with Crippen molar-refractivity contribution in [3.63, 3.8) is 0 Å². The molecule has 1 rings (SSSR count). The van der Waals surface area contributed by atoms with Crippen molar-refractivity contribution in [2.75, 3.05) is 5.73 Å². The third-order valence-corrected chi connectivity index (χ3v) is 2.42. The van der Waals surface area contributed by atoms with Crippen LogP contribution in [0.1, 0.15) is 31.7 Å². The highest BCUT2D eigenvalue weighted by Crippen LogP contribution is 2.03. The Labute approximate surface area is 100 Å². The van der Waals surface area contributed by atoms with Gasteiger partial charge in [-0.2, -0.15) is 0 Å². The zero-order valence-corrected chi connectivity index (χ0v) is 9.89. The summed E-state index contributed by atoms with van der Waals surface area (Å²) in [6.45, 7) is 2.47. The Hall–Kier alpha value is -1.69. The molecule has 0 aliphatic heterocycles. The highest BCUT2D eigenvalue weighted by Gasteiger charge is 2.15. The summed E-state index contributed by atoms with van der Waals surface area (Å²) >= 11 is 0. The maximum absolute atomic E-state index is 11.0. The molecule has 0 aliphatic rings. The van der Waals surface area contributed by atoms with Crippen LogP contribution in [0.2, 0.25) is 0 Å². The van der Waals surface area contributed by atoms with Crippen LogP contribution in [-0.4, -0.2) is 27.1 Å². The Morgan fingerprint density at radius 1 is 1.53 bits per heavy atom. The number of anilines is 1. The number of carboxylic acids is 1. The summed E-state index contributed by atoms with van der Waals surface area (Å²) in [5.41, 5.74) is 6.18. The molecule has 17 heavy (non-hydrogen) atoms. The topological polar surface area (TPSA) is 101 Å².